The molecule has 0 bridgehead atoms. The zero-order chi connectivity index (χ0) is 21.4. The van der Waals surface area contributed by atoms with Crippen LogP contribution in [0.1, 0.15) is 53.9 Å². The number of fused-ring (bicyclic) bond motifs is 5. The molecule has 1 amide bonds. The summed E-state index contributed by atoms with van der Waals surface area (Å²) in [6.45, 7) is 1.66. The van der Waals surface area contributed by atoms with Crippen molar-refractivity contribution in [3.8, 4) is 11.3 Å². The van der Waals surface area contributed by atoms with Gasteiger partial charge in [-0.3, -0.25) is 9.59 Å². The monoisotopic (exact) mass is 415 g/mol. The van der Waals surface area contributed by atoms with E-state index in [1.165, 1.54) is 48.7 Å². The number of aldehydes is 1. The molecular weight excluding hydrogens is 386 g/mol. The molecule has 0 radical (unpaired) electrons. The van der Waals surface area contributed by atoms with Gasteiger partial charge in [-0.2, -0.15) is 0 Å². The van der Waals surface area contributed by atoms with Crippen molar-refractivity contribution in [1.82, 2.24) is 9.88 Å². The number of benzene rings is 2. The van der Waals surface area contributed by atoms with Gasteiger partial charge in [0.25, 0.3) is 0 Å². The van der Waals surface area contributed by atoms with Crippen LogP contribution in [-0.4, -0.2) is 36.9 Å². The minimum absolute atomic E-state index is 0.0880. The Balaban J connectivity index is 1.80. The van der Waals surface area contributed by atoms with Gasteiger partial charge in [-0.05, 0) is 43.5 Å². The van der Waals surface area contributed by atoms with Crippen molar-refractivity contribution >= 4 is 28.8 Å². The Bertz CT molecular complexity index is 1140. The van der Waals surface area contributed by atoms with Crippen LogP contribution in [0.3, 0.4) is 0 Å². The van der Waals surface area contributed by atoms with E-state index in [1.807, 2.05) is 30.1 Å². The number of hydrogen-bond acceptors (Lipinski definition) is 3. The van der Waals surface area contributed by atoms with Gasteiger partial charge in [-0.15, -0.1) is 0 Å². The summed E-state index contributed by atoms with van der Waals surface area (Å²) >= 11 is 0. The largest absolute Gasteiger partial charge is 0.331 e. The Kier molecular flexibility index (Phi) is 5.36. The van der Waals surface area contributed by atoms with Crippen LogP contribution in [0.4, 0.5) is 5.69 Å². The molecule has 1 saturated carbocycles. The zero-order valence-electron chi connectivity index (χ0n) is 18.1. The lowest BCUT2D eigenvalue weighted by Gasteiger charge is -2.25. The first-order chi connectivity index (χ1) is 15.2. The van der Waals surface area contributed by atoms with E-state index in [2.05, 4.69) is 34.1 Å². The summed E-state index contributed by atoms with van der Waals surface area (Å²) in [5.41, 5.74) is 6.29. The van der Waals surface area contributed by atoms with Crippen LogP contribution in [-0.2, 0) is 11.3 Å². The average Bonchev–Trinajstić information content (AvgIpc) is 3.06. The number of carbonyl (C=O) groups is 2. The van der Waals surface area contributed by atoms with E-state index in [0.717, 1.165) is 29.6 Å². The predicted molar refractivity (Wildman–Crippen MR) is 125 cm³/mol. The maximum absolute atomic E-state index is 13.4. The van der Waals surface area contributed by atoms with Crippen molar-refractivity contribution in [1.29, 1.82) is 0 Å². The Hall–Kier alpha value is -2.92. The predicted octanol–water partition coefficient (Wildman–Crippen LogP) is 4.73. The number of amides is 1. The molecule has 5 rings (SSSR count). The number of nitrogens with zero attached hydrogens (tertiary/aromatic N) is 2. The molecule has 5 nitrogen and oxygen atoms in total. The van der Waals surface area contributed by atoms with Crippen molar-refractivity contribution < 1.29 is 9.59 Å². The second kappa shape index (κ2) is 8.31. The third kappa shape index (κ3) is 3.37. The summed E-state index contributed by atoms with van der Waals surface area (Å²) in [4.78, 5) is 26.9. The van der Waals surface area contributed by atoms with Crippen LogP contribution >= 0.6 is 0 Å². The number of nitrogens with one attached hydrogen (secondary N) is 1. The van der Waals surface area contributed by atoms with Gasteiger partial charge in [-0.25, -0.2) is 0 Å². The van der Waals surface area contributed by atoms with Gasteiger partial charge in [0.15, 0.2) is 0 Å². The molecule has 1 aromatic heterocycles. The van der Waals surface area contributed by atoms with Crippen LogP contribution in [0.2, 0.25) is 0 Å². The van der Waals surface area contributed by atoms with E-state index in [-0.39, 0.29) is 5.91 Å². The van der Waals surface area contributed by atoms with E-state index in [9.17, 15) is 9.59 Å². The zero-order valence-corrected chi connectivity index (χ0v) is 18.1. The average molecular weight is 416 g/mol. The van der Waals surface area contributed by atoms with Crippen molar-refractivity contribution in [2.24, 2.45) is 0 Å². The molecule has 0 spiro atoms. The van der Waals surface area contributed by atoms with Gasteiger partial charge in [0, 0.05) is 35.1 Å². The number of hydrogen-bond donors (Lipinski definition) is 1. The molecule has 2 aromatic carbocycles. The number of carbonyl (C=O) groups excluding carboxylic acids is 2. The molecule has 2 aliphatic rings. The normalized spacial score (nSPS) is 16.8. The van der Waals surface area contributed by atoms with Gasteiger partial charge in [0.1, 0.15) is 12.8 Å². The van der Waals surface area contributed by atoms with E-state index in [4.69, 9.17) is 0 Å². The van der Waals surface area contributed by atoms with Crippen LogP contribution in [0, 0.1) is 0 Å². The quantitative estimate of drug-likeness (QED) is 0.613. The highest BCUT2D eigenvalue weighted by molar-refractivity contribution is 6.05. The minimum Gasteiger partial charge on any atom is -0.331 e. The Morgan fingerprint density at radius 2 is 1.90 bits per heavy atom. The van der Waals surface area contributed by atoms with Crippen LogP contribution in [0.15, 0.2) is 42.5 Å². The van der Waals surface area contributed by atoms with E-state index in [1.54, 1.807) is 0 Å². The highest BCUT2D eigenvalue weighted by Gasteiger charge is 2.32. The first-order valence-electron chi connectivity index (χ1n) is 11.4. The Morgan fingerprint density at radius 3 is 2.68 bits per heavy atom. The maximum Gasteiger partial charge on any atom is 0.247 e. The van der Waals surface area contributed by atoms with Crippen molar-refractivity contribution in [3.05, 3.63) is 53.6 Å². The van der Waals surface area contributed by atoms with Crippen molar-refractivity contribution in [2.45, 2.75) is 44.6 Å². The smallest absolute Gasteiger partial charge is 0.247 e. The van der Waals surface area contributed by atoms with Gasteiger partial charge in [-0.1, -0.05) is 49.6 Å². The molecule has 0 atom stereocenters. The molecule has 2 heterocycles. The van der Waals surface area contributed by atoms with Crippen LogP contribution in [0.5, 0.6) is 0 Å². The minimum atomic E-state index is 0.0880. The molecule has 1 fully saturated rings. The number of likely N-dealkylation sites (N-methyl/N-ethyl adjacent to an activating group) is 1. The van der Waals surface area contributed by atoms with Crippen LogP contribution < -0.4 is 10.2 Å². The summed E-state index contributed by atoms with van der Waals surface area (Å²) in [7, 11) is 1.91. The van der Waals surface area contributed by atoms with E-state index >= 15 is 0 Å². The van der Waals surface area contributed by atoms with Crippen molar-refractivity contribution in [2.75, 3.05) is 25.0 Å². The topological polar surface area (TPSA) is 54.3 Å². The summed E-state index contributed by atoms with van der Waals surface area (Å²) in [5.74, 6) is 0.576. The summed E-state index contributed by atoms with van der Waals surface area (Å²) in [6.07, 6.45) is 7.05. The fourth-order valence-electron chi connectivity index (χ4n) is 5.46. The molecule has 1 aliphatic heterocycles. The molecule has 3 aromatic rings. The molecule has 0 saturated heterocycles. The fraction of sp³-hybridized carbons (Fsp3) is 0.385. The molecule has 5 heteroatoms. The third-order valence-corrected chi connectivity index (χ3v) is 6.91. The second-order valence-corrected chi connectivity index (χ2v) is 8.74. The summed E-state index contributed by atoms with van der Waals surface area (Å²) in [5, 5.41) is 4.36. The Labute approximate surface area is 183 Å². The molecule has 160 valence electrons. The molecule has 1 N–H and O–H groups in total. The highest BCUT2D eigenvalue weighted by atomic mass is 16.2. The summed E-state index contributed by atoms with van der Waals surface area (Å²) < 4.78 is 2.17. The lowest BCUT2D eigenvalue weighted by molar-refractivity contribution is -0.119. The second-order valence-electron chi connectivity index (χ2n) is 8.74. The molecular formula is C26H29N3O2. The number of anilines is 1. The lowest BCUT2D eigenvalue weighted by atomic mass is 9.81. The van der Waals surface area contributed by atoms with Crippen molar-refractivity contribution in [3.63, 3.8) is 0 Å². The molecule has 31 heavy (non-hydrogen) atoms. The van der Waals surface area contributed by atoms with Gasteiger partial charge < -0.3 is 14.8 Å². The van der Waals surface area contributed by atoms with E-state index < -0.39 is 0 Å². The SMILES string of the molecule is CNCCN1C(=O)Cn2c(c(C3CCCCC3)c3ccc(C=O)cc32)-c2ccccc21. The highest BCUT2D eigenvalue weighted by Crippen LogP contribution is 2.47. The van der Waals surface area contributed by atoms with E-state index in [0.29, 0.717) is 24.6 Å². The maximum atomic E-state index is 13.4. The first kappa shape index (κ1) is 20.0. The van der Waals surface area contributed by atoms with Gasteiger partial charge in [0.05, 0.1) is 11.4 Å². The van der Waals surface area contributed by atoms with Gasteiger partial charge in [0.2, 0.25) is 5.91 Å². The first-order valence-corrected chi connectivity index (χ1v) is 11.4. The molecule has 1 aliphatic carbocycles. The number of para-hydroxylation sites is 1. The van der Waals surface area contributed by atoms with Gasteiger partial charge >= 0.3 is 0 Å². The number of aromatic nitrogens is 1. The Morgan fingerprint density at radius 1 is 1.10 bits per heavy atom. The lowest BCUT2D eigenvalue weighted by Crippen LogP contribution is -2.37. The summed E-state index contributed by atoms with van der Waals surface area (Å²) in [6, 6.07) is 14.3. The standard InChI is InChI=1S/C26H29N3O2/c1-27-13-14-28-22-10-6-5-9-21(22)26-25(19-7-3-2-4-8-19)20-12-11-18(17-30)15-23(20)29(26)16-24(28)31/h5-6,9-12,15,17,19,27H,2-4,7-8,13-14,16H2,1H3. The fourth-order valence-corrected chi connectivity index (χ4v) is 5.46. The molecule has 0 unspecified atom stereocenters. The third-order valence-electron chi connectivity index (χ3n) is 6.91. The number of rotatable bonds is 5. The van der Waals surface area contributed by atoms with Crippen LogP contribution in [0.25, 0.3) is 22.2 Å².